The highest BCUT2D eigenvalue weighted by atomic mass is 16.7. The Morgan fingerprint density at radius 3 is 2.28 bits per heavy atom. The quantitative estimate of drug-likeness (QED) is 0.105. The second-order valence-corrected chi connectivity index (χ2v) is 8.52. The molecule has 0 radical (unpaired) electrons. The Bertz CT molecular complexity index is 1480. The predicted molar refractivity (Wildman–Crippen MR) is 125 cm³/mol. The van der Waals surface area contributed by atoms with E-state index in [1.165, 1.54) is 6.07 Å². The lowest BCUT2D eigenvalue weighted by atomic mass is 9.99. The summed E-state index contributed by atoms with van der Waals surface area (Å²) in [5.74, 6) is -6.09. The molecule has 8 N–H and O–H groups in total. The SMILES string of the molecule is O=C(O)CC(=O)OCC1OC(Oc2c(-c3ccc(O)c(O)c3)oc3cc(O)cc(O)c3c2=O)[C@H](O)C(O)C1O. The van der Waals surface area contributed by atoms with Gasteiger partial charge in [-0.1, -0.05) is 0 Å². The minimum absolute atomic E-state index is 0.0489. The lowest BCUT2D eigenvalue weighted by molar-refractivity contribution is -0.278. The Balaban J connectivity index is 1.76. The number of phenols is 4. The highest BCUT2D eigenvalue weighted by molar-refractivity contribution is 5.90. The van der Waals surface area contributed by atoms with E-state index < -0.39 is 101 Å². The van der Waals surface area contributed by atoms with Gasteiger partial charge in [0, 0.05) is 17.7 Å². The van der Waals surface area contributed by atoms with Crippen molar-refractivity contribution in [2.24, 2.45) is 0 Å². The Kier molecular flexibility index (Phi) is 7.51. The van der Waals surface area contributed by atoms with Crippen molar-refractivity contribution >= 4 is 22.9 Å². The predicted octanol–water partition coefficient (Wildman–Crippen LogP) is -0.513. The smallest absolute Gasteiger partial charge is 0.317 e. The number of carboxylic acids is 1. The molecule has 0 spiro atoms. The van der Waals surface area contributed by atoms with Crippen molar-refractivity contribution in [1.82, 2.24) is 0 Å². The fourth-order valence-electron chi connectivity index (χ4n) is 3.85. The molecule has 4 rings (SSSR count). The highest BCUT2D eigenvalue weighted by Crippen LogP contribution is 2.39. The van der Waals surface area contributed by atoms with Gasteiger partial charge in [0.1, 0.15) is 59.9 Å². The zero-order chi connectivity index (χ0) is 28.6. The van der Waals surface area contributed by atoms with Gasteiger partial charge in [0.25, 0.3) is 0 Å². The molecule has 3 aromatic rings. The van der Waals surface area contributed by atoms with Crippen molar-refractivity contribution in [2.75, 3.05) is 6.61 Å². The lowest BCUT2D eigenvalue weighted by Crippen LogP contribution is -2.60. The van der Waals surface area contributed by atoms with Crippen LogP contribution in [0, 0.1) is 0 Å². The molecular formula is C24H22O15. The topological polar surface area (TPSA) is 254 Å². The number of hydrogen-bond acceptors (Lipinski definition) is 14. The number of phenolic OH excluding ortho intramolecular Hbond substituents is 4. The van der Waals surface area contributed by atoms with E-state index in [0.29, 0.717) is 0 Å². The molecule has 15 nitrogen and oxygen atoms in total. The number of carbonyl (C=O) groups is 2. The Hall–Kier alpha value is -4.57. The van der Waals surface area contributed by atoms with Gasteiger partial charge >= 0.3 is 11.9 Å². The van der Waals surface area contributed by atoms with Crippen LogP contribution in [0.15, 0.2) is 39.5 Å². The van der Waals surface area contributed by atoms with E-state index in [-0.39, 0.29) is 11.1 Å². The number of rotatable bonds is 7. The second kappa shape index (κ2) is 10.7. The van der Waals surface area contributed by atoms with Crippen molar-refractivity contribution in [3.63, 3.8) is 0 Å². The number of aliphatic carboxylic acids is 1. The average molecular weight is 550 g/mol. The fraction of sp³-hybridized carbons (Fsp3) is 0.292. The number of carbonyl (C=O) groups excluding carboxylic acids is 1. The number of fused-ring (bicyclic) bond motifs is 1. The van der Waals surface area contributed by atoms with Gasteiger partial charge in [-0.05, 0) is 18.2 Å². The van der Waals surface area contributed by atoms with Gasteiger partial charge in [-0.3, -0.25) is 14.4 Å². The number of aromatic hydroxyl groups is 4. The molecule has 0 amide bonds. The van der Waals surface area contributed by atoms with Gasteiger partial charge in [-0.25, -0.2) is 0 Å². The summed E-state index contributed by atoms with van der Waals surface area (Å²) in [5.41, 5.74) is -1.40. The third-order valence-corrected chi connectivity index (χ3v) is 5.76. The van der Waals surface area contributed by atoms with Crippen molar-refractivity contribution in [1.29, 1.82) is 0 Å². The van der Waals surface area contributed by atoms with Gasteiger partial charge < -0.3 is 59.5 Å². The largest absolute Gasteiger partial charge is 0.508 e. The molecule has 15 heteroatoms. The van der Waals surface area contributed by atoms with Crippen molar-refractivity contribution in [3.05, 3.63) is 40.6 Å². The number of benzene rings is 2. The molecule has 5 atom stereocenters. The Labute approximate surface area is 216 Å². The van der Waals surface area contributed by atoms with Crippen LogP contribution in [0.3, 0.4) is 0 Å². The third-order valence-electron chi connectivity index (χ3n) is 5.76. The molecule has 0 saturated carbocycles. The summed E-state index contributed by atoms with van der Waals surface area (Å²) >= 11 is 0. The van der Waals surface area contributed by atoms with Crippen LogP contribution in [0.1, 0.15) is 6.42 Å². The molecule has 2 heterocycles. The first-order valence-electron chi connectivity index (χ1n) is 11.2. The molecule has 2 aromatic carbocycles. The van der Waals surface area contributed by atoms with Crippen LogP contribution in [0.2, 0.25) is 0 Å². The van der Waals surface area contributed by atoms with Crippen molar-refractivity contribution in [2.45, 2.75) is 37.1 Å². The first-order chi connectivity index (χ1) is 18.4. The van der Waals surface area contributed by atoms with E-state index in [2.05, 4.69) is 0 Å². The zero-order valence-electron chi connectivity index (χ0n) is 19.6. The first-order valence-corrected chi connectivity index (χ1v) is 11.2. The third kappa shape index (κ3) is 5.51. The summed E-state index contributed by atoms with van der Waals surface area (Å²) in [4.78, 5) is 35.7. The molecule has 1 aliphatic heterocycles. The van der Waals surface area contributed by atoms with Crippen LogP contribution in [0.5, 0.6) is 28.7 Å². The lowest BCUT2D eigenvalue weighted by Gasteiger charge is -2.39. The molecule has 4 unspecified atom stereocenters. The maximum Gasteiger partial charge on any atom is 0.317 e. The van der Waals surface area contributed by atoms with Crippen molar-refractivity contribution in [3.8, 4) is 40.1 Å². The minimum Gasteiger partial charge on any atom is -0.508 e. The fourth-order valence-corrected chi connectivity index (χ4v) is 3.85. The Morgan fingerprint density at radius 2 is 1.62 bits per heavy atom. The van der Waals surface area contributed by atoms with E-state index in [0.717, 1.165) is 24.3 Å². The van der Waals surface area contributed by atoms with Crippen LogP contribution in [0.25, 0.3) is 22.3 Å². The van der Waals surface area contributed by atoms with E-state index >= 15 is 0 Å². The van der Waals surface area contributed by atoms with Gasteiger partial charge in [-0.2, -0.15) is 0 Å². The van der Waals surface area contributed by atoms with Crippen molar-refractivity contribution < 1.29 is 69.1 Å². The Morgan fingerprint density at radius 1 is 0.897 bits per heavy atom. The number of aliphatic hydroxyl groups excluding tert-OH is 3. The van der Waals surface area contributed by atoms with E-state index in [4.69, 9.17) is 23.7 Å². The number of hydrogen-bond donors (Lipinski definition) is 8. The van der Waals surface area contributed by atoms with Crippen LogP contribution in [-0.4, -0.2) is 90.1 Å². The number of esters is 1. The monoisotopic (exact) mass is 550 g/mol. The van der Waals surface area contributed by atoms with E-state index in [1.54, 1.807) is 0 Å². The van der Waals surface area contributed by atoms with Gasteiger partial charge in [0.2, 0.25) is 17.5 Å². The van der Waals surface area contributed by atoms with Gasteiger partial charge in [0.05, 0.1) is 0 Å². The molecule has 0 bridgehead atoms. The summed E-state index contributed by atoms with van der Waals surface area (Å²) in [6.45, 7) is -0.762. The maximum absolute atomic E-state index is 13.4. The van der Waals surface area contributed by atoms with Crippen LogP contribution in [-0.2, 0) is 19.1 Å². The van der Waals surface area contributed by atoms with Crippen LogP contribution >= 0.6 is 0 Å². The molecular weight excluding hydrogens is 528 g/mol. The standard InChI is InChI=1S/C24H22O15/c25-9-4-12(28)17-13(5-9)37-22(8-1-2-10(26)11(27)3-8)23(19(17)33)39-24-21(35)20(34)18(32)14(38-24)7-36-16(31)6-15(29)30/h1-5,14,18,20-21,24-28,32,34-35H,6-7H2,(H,29,30)/t14?,18?,20?,21-,24?/m1/s1. The zero-order valence-corrected chi connectivity index (χ0v) is 19.6. The van der Waals surface area contributed by atoms with Gasteiger partial charge in [0.15, 0.2) is 17.3 Å². The summed E-state index contributed by atoms with van der Waals surface area (Å²) in [6, 6.07) is 5.14. The first kappa shape index (κ1) is 27.5. The van der Waals surface area contributed by atoms with Gasteiger partial charge in [-0.15, -0.1) is 0 Å². The summed E-state index contributed by atoms with van der Waals surface area (Å²) < 4.78 is 21.4. The second-order valence-electron chi connectivity index (χ2n) is 8.52. The number of aliphatic hydroxyl groups is 3. The van der Waals surface area contributed by atoms with Crippen LogP contribution < -0.4 is 10.2 Å². The number of ether oxygens (including phenoxy) is 3. The summed E-state index contributed by atoms with van der Waals surface area (Å²) in [7, 11) is 0. The molecule has 1 saturated heterocycles. The number of carboxylic acid groups (broad SMARTS) is 1. The van der Waals surface area contributed by atoms with E-state index in [1.807, 2.05) is 0 Å². The molecule has 0 aliphatic carbocycles. The normalized spacial score (nSPS) is 22.9. The molecule has 208 valence electrons. The molecule has 39 heavy (non-hydrogen) atoms. The summed E-state index contributed by atoms with van der Waals surface area (Å²) in [5, 5.41) is 79.0. The molecule has 1 aliphatic rings. The summed E-state index contributed by atoms with van der Waals surface area (Å²) in [6.07, 6.45) is -10.2. The molecule has 1 aromatic heterocycles. The van der Waals surface area contributed by atoms with E-state index in [9.17, 15) is 50.1 Å². The average Bonchev–Trinajstić information content (AvgIpc) is 2.85. The highest BCUT2D eigenvalue weighted by Gasteiger charge is 2.46. The van der Waals surface area contributed by atoms with Crippen LogP contribution in [0.4, 0.5) is 0 Å². The maximum atomic E-state index is 13.4. The molecule has 1 fully saturated rings. The minimum atomic E-state index is -1.99.